The Bertz CT molecular complexity index is 2470. The van der Waals surface area contributed by atoms with Crippen molar-refractivity contribution in [1.29, 1.82) is 5.26 Å². The molecule has 8 rings (SSSR count). The van der Waals surface area contributed by atoms with Crippen LogP contribution in [0.25, 0.3) is 44.6 Å². The van der Waals surface area contributed by atoms with Gasteiger partial charge in [-0.3, -0.25) is 19.6 Å². The molecule has 2 saturated heterocycles. The van der Waals surface area contributed by atoms with Gasteiger partial charge < -0.3 is 24.7 Å². The summed E-state index contributed by atoms with van der Waals surface area (Å²) in [6, 6.07) is 22.3. The number of nitrogens with one attached hydrogen (secondary N) is 1. The van der Waals surface area contributed by atoms with Crippen LogP contribution in [-0.4, -0.2) is 86.9 Å². The standard InChI is InChI=1S/C43H43N7O5/c1-26-33(34-7-5-9-36(27(34)2)47-40-38-30(10-13-45-40)17-29(20-46-38)22-49-14-11-32(51)23-49)6-4-8-35(26)41-48-37-18-28(16-31(19-44)39(37)55-41)21-50-15-12-43(24-50,25-54-3)42(52)53/h4-10,13,16-18,20,32,51H,11-12,14-15,21-25H2,1-3H3,(H,45,47)(H,52,53)/t32-,43?/m1/s1. The lowest BCUT2D eigenvalue weighted by molar-refractivity contribution is -0.151. The SMILES string of the molecule is COCC1(C(=O)O)CCN(Cc2cc(C#N)c3oc(-c4cccc(-c5cccc(Nc6nccc7cc(CN8CC[C@@H](O)C8)cnc67)c5C)c4C)nc3c2)C1. The molecule has 5 heterocycles. The number of fused-ring (bicyclic) bond motifs is 2. The predicted molar refractivity (Wildman–Crippen MR) is 210 cm³/mol. The Kier molecular flexibility index (Phi) is 9.79. The summed E-state index contributed by atoms with van der Waals surface area (Å²) in [5.74, 6) is 0.241. The van der Waals surface area contributed by atoms with Gasteiger partial charge in [-0.05, 0) is 103 Å². The van der Waals surface area contributed by atoms with E-state index in [4.69, 9.17) is 19.1 Å². The average Bonchev–Trinajstić information content (AvgIpc) is 3.91. The highest BCUT2D eigenvalue weighted by Crippen LogP contribution is 2.38. The number of hydrogen-bond donors (Lipinski definition) is 3. The van der Waals surface area contributed by atoms with E-state index in [0.29, 0.717) is 61.0 Å². The normalized spacial score (nSPS) is 19.0. The number of rotatable bonds is 11. The highest BCUT2D eigenvalue weighted by atomic mass is 16.5. The number of methoxy groups -OCH3 is 1. The van der Waals surface area contributed by atoms with Crippen LogP contribution in [0.2, 0.25) is 0 Å². The van der Waals surface area contributed by atoms with Gasteiger partial charge in [0.2, 0.25) is 5.89 Å². The van der Waals surface area contributed by atoms with Crippen LogP contribution in [0, 0.1) is 30.6 Å². The van der Waals surface area contributed by atoms with Crippen LogP contribution in [0.4, 0.5) is 11.5 Å². The molecule has 12 heteroatoms. The highest BCUT2D eigenvalue weighted by Gasteiger charge is 2.45. The van der Waals surface area contributed by atoms with Gasteiger partial charge in [0.1, 0.15) is 22.5 Å². The number of anilines is 2. The molecule has 0 amide bonds. The minimum absolute atomic E-state index is 0.152. The number of nitriles is 1. The Morgan fingerprint density at radius 2 is 1.80 bits per heavy atom. The van der Waals surface area contributed by atoms with Gasteiger partial charge in [0.05, 0.1) is 18.3 Å². The number of aliphatic carboxylic acids is 1. The van der Waals surface area contributed by atoms with E-state index in [-0.39, 0.29) is 12.7 Å². The van der Waals surface area contributed by atoms with Crippen molar-refractivity contribution in [3.05, 3.63) is 101 Å². The zero-order chi connectivity index (χ0) is 38.3. The van der Waals surface area contributed by atoms with Crippen molar-refractivity contribution >= 4 is 39.5 Å². The molecule has 2 atom stereocenters. The molecule has 3 aromatic carbocycles. The van der Waals surface area contributed by atoms with Crippen molar-refractivity contribution in [2.75, 3.05) is 45.2 Å². The lowest BCUT2D eigenvalue weighted by Gasteiger charge is -2.24. The minimum atomic E-state index is -0.942. The van der Waals surface area contributed by atoms with E-state index >= 15 is 0 Å². The van der Waals surface area contributed by atoms with Crippen molar-refractivity contribution < 1.29 is 24.2 Å². The van der Waals surface area contributed by atoms with Gasteiger partial charge in [-0.15, -0.1) is 0 Å². The monoisotopic (exact) mass is 737 g/mol. The number of ether oxygens (including phenoxy) is 1. The molecule has 0 saturated carbocycles. The Morgan fingerprint density at radius 3 is 2.56 bits per heavy atom. The quantitative estimate of drug-likeness (QED) is 0.127. The van der Waals surface area contributed by atoms with Crippen LogP contribution >= 0.6 is 0 Å². The Hall–Kier alpha value is -5.71. The molecular formula is C43H43N7O5. The van der Waals surface area contributed by atoms with Gasteiger partial charge in [-0.1, -0.05) is 24.3 Å². The van der Waals surface area contributed by atoms with Crippen molar-refractivity contribution in [2.45, 2.75) is 45.9 Å². The zero-order valence-electron chi connectivity index (χ0n) is 31.2. The number of carbonyl (C=O) groups is 1. The summed E-state index contributed by atoms with van der Waals surface area (Å²) in [7, 11) is 1.53. The molecular weight excluding hydrogens is 695 g/mol. The summed E-state index contributed by atoms with van der Waals surface area (Å²) in [6.07, 6.45) is 4.73. The molecule has 2 fully saturated rings. The fourth-order valence-corrected chi connectivity index (χ4v) is 8.21. The molecule has 2 aliphatic heterocycles. The first-order valence-electron chi connectivity index (χ1n) is 18.5. The molecule has 0 spiro atoms. The fraction of sp³-hybridized carbons (Fsp3) is 0.326. The van der Waals surface area contributed by atoms with E-state index in [1.54, 1.807) is 12.3 Å². The van der Waals surface area contributed by atoms with Crippen LogP contribution in [0.5, 0.6) is 0 Å². The van der Waals surface area contributed by atoms with Gasteiger partial charge in [0, 0.05) is 68.9 Å². The second kappa shape index (κ2) is 14.8. The summed E-state index contributed by atoms with van der Waals surface area (Å²) in [4.78, 5) is 30.8. The number of aliphatic hydroxyl groups excluding tert-OH is 1. The number of carboxylic acids is 1. The fourth-order valence-electron chi connectivity index (χ4n) is 8.21. The molecule has 0 bridgehead atoms. The van der Waals surface area contributed by atoms with Crippen LogP contribution in [0.1, 0.15) is 40.7 Å². The first kappa shape index (κ1) is 36.3. The molecule has 55 heavy (non-hydrogen) atoms. The molecule has 0 radical (unpaired) electrons. The smallest absolute Gasteiger partial charge is 0.313 e. The topological polar surface area (TPSA) is 161 Å². The summed E-state index contributed by atoms with van der Waals surface area (Å²) in [6.45, 7) is 8.07. The van der Waals surface area contributed by atoms with Gasteiger partial charge in [-0.25, -0.2) is 9.97 Å². The number of benzene rings is 3. The number of pyridine rings is 2. The lowest BCUT2D eigenvalue weighted by atomic mass is 9.88. The van der Waals surface area contributed by atoms with Gasteiger partial charge in [-0.2, -0.15) is 5.26 Å². The third-order valence-corrected chi connectivity index (χ3v) is 11.1. The Morgan fingerprint density at radius 1 is 1.02 bits per heavy atom. The molecule has 6 aromatic rings. The van der Waals surface area contributed by atoms with Crippen LogP contribution < -0.4 is 5.32 Å². The molecule has 2 aliphatic rings. The zero-order valence-corrected chi connectivity index (χ0v) is 31.2. The molecule has 1 unspecified atom stereocenters. The maximum Gasteiger partial charge on any atom is 0.313 e. The first-order valence-corrected chi connectivity index (χ1v) is 18.5. The first-order chi connectivity index (χ1) is 26.6. The van der Waals surface area contributed by atoms with Crippen molar-refractivity contribution in [2.24, 2.45) is 5.41 Å². The summed E-state index contributed by atoms with van der Waals surface area (Å²) in [5.41, 5.74) is 9.02. The minimum Gasteiger partial charge on any atom is -0.481 e. The van der Waals surface area contributed by atoms with Crippen molar-refractivity contribution in [1.82, 2.24) is 24.8 Å². The van der Waals surface area contributed by atoms with Crippen LogP contribution in [-0.2, 0) is 22.6 Å². The highest BCUT2D eigenvalue weighted by molar-refractivity contribution is 5.91. The summed E-state index contributed by atoms with van der Waals surface area (Å²) < 4.78 is 11.6. The number of aliphatic hydroxyl groups is 1. The molecule has 3 aromatic heterocycles. The van der Waals surface area contributed by atoms with E-state index in [0.717, 1.165) is 75.0 Å². The second-order valence-corrected chi connectivity index (χ2v) is 14.9. The molecule has 12 nitrogen and oxygen atoms in total. The number of oxazole rings is 1. The van der Waals surface area contributed by atoms with E-state index in [2.05, 4.69) is 58.2 Å². The Balaban J connectivity index is 1.06. The number of aromatic nitrogens is 3. The lowest BCUT2D eigenvalue weighted by Crippen LogP contribution is -2.38. The second-order valence-electron chi connectivity index (χ2n) is 14.9. The maximum absolute atomic E-state index is 12.1. The van der Waals surface area contributed by atoms with Gasteiger partial charge in [0.25, 0.3) is 0 Å². The van der Waals surface area contributed by atoms with Crippen molar-refractivity contribution in [3.8, 4) is 28.7 Å². The van der Waals surface area contributed by atoms with Crippen molar-refractivity contribution in [3.63, 3.8) is 0 Å². The van der Waals surface area contributed by atoms with E-state index in [1.807, 2.05) is 42.6 Å². The largest absolute Gasteiger partial charge is 0.481 e. The van der Waals surface area contributed by atoms with E-state index in [1.165, 1.54) is 7.11 Å². The number of likely N-dealkylation sites (tertiary alicyclic amines) is 2. The number of hydrogen-bond acceptors (Lipinski definition) is 11. The summed E-state index contributed by atoms with van der Waals surface area (Å²) >= 11 is 0. The maximum atomic E-state index is 12.1. The van der Waals surface area contributed by atoms with Crippen LogP contribution in [0.15, 0.2) is 77.5 Å². The third-order valence-electron chi connectivity index (χ3n) is 11.1. The molecule has 3 N–H and O–H groups in total. The van der Waals surface area contributed by atoms with Gasteiger partial charge in [0.15, 0.2) is 11.4 Å². The number of nitrogens with zero attached hydrogens (tertiary/aromatic N) is 6. The number of β-amino-alcohol motifs (C(OH)–C–C–N with tert-alkyl or cyclic N) is 1. The molecule has 0 aliphatic carbocycles. The molecule has 280 valence electrons. The third kappa shape index (κ3) is 7.03. The predicted octanol–water partition coefficient (Wildman–Crippen LogP) is 6.83. The number of carboxylic acid groups (broad SMARTS) is 1. The van der Waals surface area contributed by atoms with Crippen LogP contribution in [0.3, 0.4) is 0 Å². The van der Waals surface area contributed by atoms with E-state index in [9.17, 15) is 20.3 Å². The van der Waals surface area contributed by atoms with E-state index < -0.39 is 11.4 Å². The summed E-state index contributed by atoms with van der Waals surface area (Å²) in [5, 5.41) is 34.5. The average molecular weight is 738 g/mol. The van der Waals surface area contributed by atoms with Gasteiger partial charge >= 0.3 is 5.97 Å². The Labute approximate surface area is 319 Å².